The van der Waals surface area contributed by atoms with E-state index in [0.717, 1.165) is 61.0 Å². The van der Waals surface area contributed by atoms with Gasteiger partial charge in [-0.2, -0.15) is 5.10 Å². The molecule has 2 heterocycles. The van der Waals surface area contributed by atoms with Crippen molar-refractivity contribution in [3.63, 3.8) is 0 Å². The lowest BCUT2D eigenvalue weighted by Crippen LogP contribution is -2.33. The zero-order valence-electron chi connectivity index (χ0n) is 14.5. The van der Waals surface area contributed by atoms with Gasteiger partial charge in [-0.15, -0.1) is 0 Å². The van der Waals surface area contributed by atoms with Crippen molar-refractivity contribution in [2.45, 2.75) is 51.7 Å². The van der Waals surface area contributed by atoms with Crippen LogP contribution >= 0.6 is 0 Å². The molecule has 0 unspecified atom stereocenters. The molecule has 1 fully saturated rings. The van der Waals surface area contributed by atoms with Crippen LogP contribution in [-0.4, -0.2) is 28.6 Å². The van der Waals surface area contributed by atoms with Crippen LogP contribution in [0.3, 0.4) is 0 Å². The van der Waals surface area contributed by atoms with Gasteiger partial charge in [-0.25, -0.2) is 15.0 Å². The van der Waals surface area contributed by atoms with Gasteiger partial charge in [0.2, 0.25) is 0 Å². The smallest absolute Gasteiger partial charge is 0.295 e. The molecule has 1 aromatic carbocycles. The molecule has 1 aromatic heterocycles. The maximum absolute atomic E-state index is 12.6. The number of benzene rings is 1. The summed E-state index contributed by atoms with van der Waals surface area (Å²) in [4.78, 5) is 18.0. The predicted molar refractivity (Wildman–Crippen MR) is 92.5 cm³/mol. The molecular formula is C19H23N3O3. The molecule has 0 saturated carbocycles. The largest absolute Gasteiger partial charge is 0.350 e. The number of nitrogens with one attached hydrogen (secondary N) is 1. The number of carbonyl (C=O) groups is 1. The number of aromatic nitrogens is 2. The van der Waals surface area contributed by atoms with E-state index in [1.165, 1.54) is 0 Å². The maximum Gasteiger partial charge on any atom is 0.295 e. The van der Waals surface area contributed by atoms with Gasteiger partial charge >= 0.3 is 0 Å². The van der Waals surface area contributed by atoms with Crippen LogP contribution in [0, 0.1) is 6.92 Å². The lowest BCUT2D eigenvalue weighted by molar-refractivity contribution is -0.186. The minimum Gasteiger partial charge on any atom is -0.350 e. The van der Waals surface area contributed by atoms with Crippen LogP contribution < -0.4 is 5.48 Å². The van der Waals surface area contributed by atoms with E-state index < -0.39 is 0 Å². The third-order valence-corrected chi connectivity index (χ3v) is 4.91. The first kappa shape index (κ1) is 16.3. The van der Waals surface area contributed by atoms with Crippen molar-refractivity contribution >= 4 is 5.91 Å². The first-order valence-electron chi connectivity index (χ1n) is 8.98. The number of hydrogen-bond acceptors (Lipinski definition) is 4. The highest BCUT2D eigenvalue weighted by Gasteiger charge is 2.28. The number of amides is 1. The number of carbonyl (C=O) groups excluding carboxylic acids is 1. The zero-order valence-corrected chi connectivity index (χ0v) is 14.5. The summed E-state index contributed by atoms with van der Waals surface area (Å²) in [6.07, 6.45) is 5.41. The van der Waals surface area contributed by atoms with Gasteiger partial charge in [0.1, 0.15) is 0 Å². The Morgan fingerprint density at radius 3 is 2.96 bits per heavy atom. The standard InChI is InChI=1S/C19H23N3O3/c1-13-7-2-3-9-15(13)22-16-10-6-8-14(16)18(20-22)19(23)21-25-17-11-4-5-12-24-17/h2-3,7,9,17H,4-6,8,10-12H2,1H3,(H,21,23)/t17-/m0/s1. The van der Waals surface area contributed by atoms with Crippen LogP contribution in [0.25, 0.3) is 5.69 Å². The highest BCUT2D eigenvalue weighted by molar-refractivity contribution is 5.93. The van der Waals surface area contributed by atoms with Gasteiger partial charge in [-0.3, -0.25) is 4.79 Å². The molecule has 1 saturated heterocycles. The Morgan fingerprint density at radius 2 is 2.16 bits per heavy atom. The van der Waals surface area contributed by atoms with E-state index in [4.69, 9.17) is 9.57 Å². The SMILES string of the molecule is Cc1ccccc1-n1nc(C(=O)NO[C@H]2CCCCO2)c2c1CCC2. The van der Waals surface area contributed by atoms with Crippen molar-refractivity contribution in [2.24, 2.45) is 0 Å². The van der Waals surface area contributed by atoms with Crippen LogP contribution in [0.1, 0.15) is 53.0 Å². The topological polar surface area (TPSA) is 65.4 Å². The summed E-state index contributed by atoms with van der Waals surface area (Å²) in [5.74, 6) is -0.292. The highest BCUT2D eigenvalue weighted by atomic mass is 16.8. The first-order valence-corrected chi connectivity index (χ1v) is 8.98. The minimum absolute atomic E-state index is 0.292. The van der Waals surface area contributed by atoms with Crippen molar-refractivity contribution in [3.8, 4) is 5.69 Å². The molecule has 6 nitrogen and oxygen atoms in total. The fourth-order valence-electron chi connectivity index (χ4n) is 3.59. The number of fused-ring (bicyclic) bond motifs is 1. The van der Waals surface area contributed by atoms with Crippen LogP contribution in [0.15, 0.2) is 24.3 Å². The molecule has 25 heavy (non-hydrogen) atoms. The lowest BCUT2D eigenvalue weighted by Gasteiger charge is -2.21. The predicted octanol–water partition coefficient (Wildman–Crippen LogP) is 2.86. The summed E-state index contributed by atoms with van der Waals surface area (Å²) >= 11 is 0. The van der Waals surface area contributed by atoms with Gasteiger partial charge in [-0.1, -0.05) is 18.2 Å². The number of ether oxygens (including phenoxy) is 1. The van der Waals surface area contributed by atoms with Gasteiger partial charge in [0.25, 0.3) is 5.91 Å². The average Bonchev–Trinajstić information content (AvgIpc) is 3.24. The molecule has 132 valence electrons. The number of rotatable bonds is 4. The van der Waals surface area contributed by atoms with E-state index in [-0.39, 0.29) is 12.2 Å². The van der Waals surface area contributed by atoms with Crippen LogP contribution in [0.4, 0.5) is 0 Å². The third-order valence-electron chi connectivity index (χ3n) is 4.91. The van der Waals surface area contributed by atoms with Crippen LogP contribution in [-0.2, 0) is 22.4 Å². The Hall–Kier alpha value is -2.18. The Bertz CT molecular complexity index is 778. The number of hydrogen-bond donors (Lipinski definition) is 1. The van der Waals surface area contributed by atoms with Gasteiger partial charge < -0.3 is 4.74 Å². The van der Waals surface area contributed by atoms with Gasteiger partial charge in [0, 0.05) is 24.3 Å². The molecule has 1 amide bonds. The van der Waals surface area contributed by atoms with Crippen LogP contribution in [0.5, 0.6) is 0 Å². The molecule has 0 radical (unpaired) electrons. The summed E-state index contributed by atoms with van der Waals surface area (Å²) in [5.41, 5.74) is 7.33. The molecule has 4 rings (SSSR count). The Balaban J connectivity index is 1.57. The summed E-state index contributed by atoms with van der Waals surface area (Å²) in [5, 5.41) is 4.61. The number of nitrogens with zero attached hydrogens (tertiary/aromatic N) is 2. The minimum atomic E-state index is -0.357. The number of para-hydroxylation sites is 1. The molecular weight excluding hydrogens is 318 g/mol. The Kier molecular flexibility index (Phi) is 4.55. The fourth-order valence-corrected chi connectivity index (χ4v) is 3.59. The second-order valence-corrected chi connectivity index (χ2v) is 6.67. The van der Waals surface area contributed by atoms with Crippen molar-refractivity contribution in [1.82, 2.24) is 15.3 Å². The zero-order chi connectivity index (χ0) is 17.2. The van der Waals surface area contributed by atoms with E-state index in [1.54, 1.807) is 0 Å². The summed E-state index contributed by atoms with van der Waals surface area (Å²) in [7, 11) is 0. The normalized spacial score (nSPS) is 19.6. The first-order chi connectivity index (χ1) is 12.2. The van der Waals surface area contributed by atoms with Crippen molar-refractivity contribution in [2.75, 3.05) is 6.61 Å². The van der Waals surface area contributed by atoms with Crippen LogP contribution in [0.2, 0.25) is 0 Å². The van der Waals surface area contributed by atoms with E-state index in [0.29, 0.717) is 12.3 Å². The summed E-state index contributed by atoms with van der Waals surface area (Å²) in [6.45, 7) is 2.74. The molecule has 1 atom stereocenters. The van der Waals surface area contributed by atoms with E-state index in [2.05, 4.69) is 23.6 Å². The van der Waals surface area contributed by atoms with Gasteiger partial charge in [0.05, 0.1) is 5.69 Å². The third kappa shape index (κ3) is 3.19. The van der Waals surface area contributed by atoms with Crippen molar-refractivity contribution < 1.29 is 14.4 Å². The molecule has 1 aliphatic heterocycles. The van der Waals surface area contributed by atoms with Gasteiger partial charge in [0.15, 0.2) is 12.0 Å². The van der Waals surface area contributed by atoms with E-state index >= 15 is 0 Å². The number of hydroxylamine groups is 1. The Morgan fingerprint density at radius 1 is 1.28 bits per heavy atom. The average molecular weight is 341 g/mol. The molecule has 0 spiro atoms. The second-order valence-electron chi connectivity index (χ2n) is 6.67. The van der Waals surface area contributed by atoms with E-state index in [1.807, 2.05) is 22.9 Å². The molecule has 1 N–H and O–H groups in total. The molecule has 2 aromatic rings. The molecule has 0 bridgehead atoms. The van der Waals surface area contributed by atoms with Crippen molar-refractivity contribution in [3.05, 3.63) is 46.8 Å². The maximum atomic E-state index is 12.6. The molecule has 6 heteroatoms. The fraction of sp³-hybridized carbons (Fsp3) is 0.474. The van der Waals surface area contributed by atoms with E-state index in [9.17, 15) is 4.79 Å². The lowest BCUT2D eigenvalue weighted by atomic mass is 10.2. The second kappa shape index (κ2) is 6.98. The quantitative estimate of drug-likeness (QED) is 0.869. The van der Waals surface area contributed by atoms with Gasteiger partial charge in [-0.05, 0) is 50.7 Å². The molecule has 2 aliphatic rings. The summed E-state index contributed by atoms with van der Waals surface area (Å²) < 4.78 is 7.40. The highest BCUT2D eigenvalue weighted by Crippen LogP contribution is 2.28. The molecule has 1 aliphatic carbocycles. The van der Waals surface area contributed by atoms with Crippen molar-refractivity contribution in [1.29, 1.82) is 0 Å². The summed E-state index contributed by atoms with van der Waals surface area (Å²) in [6, 6.07) is 8.10. The monoisotopic (exact) mass is 341 g/mol. The Labute approximate surface area is 147 Å². The number of aryl methyl sites for hydroxylation is 1.